The average Bonchev–Trinajstić information content (AvgIpc) is 2.91. The van der Waals surface area contributed by atoms with Gasteiger partial charge in [0.1, 0.15) is 11.4 Å². The molecule has 0 saturated heterocycles. The number of hydrogen-bond acceptors (Lipinski definition) is 5. The number of carbonyl (C=O) groups excluding carboxylic acids is 2. The second kappa shape index (κ2) is 4.89. The van der Waals surface area contributed by atoms with Gasteiger partial charge in [0.15, 0.2) is 10.9 Å². The minimum atomic E-state index is -0.499. The number of rotatable bonds is 2. The van der Waals surface area contributed by atoms with Crippen molar-refractivity contribution in [1.29, 1.82) is 0 Å². The highest BCUT2D eigenvalue weighted by Crippen LogP contribution is 2.65. The number of thiazole rings is 1. The van der Waals surface area contributed by atoms with Crippen LogP contribution in [0.15, 0.2) is 35.8 Å². The molecule has 1 aromatic carbocycles. The first-order valence-corrected chi connectivity index (χ1v) is 9.07. The van der Waals surface area contributed by atoms with Crippen LogP contribution in [0, 0.1) is 17.8 Å². The van der Waals surface area contributed by atoms with Gasteiger partial charge in [-0.15, -0.1) is 11.3 Å². The van der Waals surface area contributed by atoms with Crippen LogP contribution in [0.25, 0.3) is 0 Å². The van der Waals surface area contributed by atoms with Crippen LogP contribution in [0.5, 0.6) is 5.75 Å². The molecule has 24 heavy (non-hydrogen) atoms. The average molecular weight is 340 g/mol. The predicted molar refractivity (Wildman–Crippen MR) is 89.2 cm³/mol. The second-order valence-corrected chi connectivity index (χ2v) is 7.74. The molecule has 1 amide bonds. The van der Waals surface area contributed by atoms with Crippen molar-refractivity contribution in [3.05, 3.63) is 41.4 Å². The zero-order valence-corrected chi connectivity index (χ0v) is 13.7. The Balaban J connectivity index is 1.39. The van der Waals surface area contributed by atoms with E-state index in [-0.39, 0.29) is 23.5 Å². The number of para-hydroxylation sites is 1. The maximum Gasteiger partial charge on any atom is 0.230 e. The van der Waals surface area contributed by atoms with Gasteiger partial charge in [0.25, 0.3) is 0 Å². The van der Waals surface area contributed by atoms with E-state index in [0.29, 0.717) is 28.8 Å². The van der Waals surface area contributed by atoms with Crippen molar-refractivity contribution in [3.63, 3.8) is 0 Å². The van der Waals surface area contributed by atoms with Crippen molar-refractivity contribution in [2.75, 3.05) is 5.32 Å². The molecule has 1 aromatic heterocycles. The molecule has 5 rings (SSSR count). The number of ether oxygens (including phenoxy) is 1. The molecule has 1 N–H and O–H groups in total. The Hall–Kier alpha value is -2.21. The van der Waals surface area contributed by atoms with Gasteiger partial charge in [0.2, 0.25) is 5.91 Å². The molecule has 4 unspecified atom stereocenters. The van der Waals surface area contributed by atoms with Gasteiger partial charge < -0.3 is 10.1 Å². The lowest BCUT2D eigenvalue weighted by Crippen LogP contribution is -2.44. The Morgan fingerprint density at radius 3 is 3.08 bits per heavy atom. The number of nitrogens with zero attached hydrogens (tertiary/aromatic N) is 1. The molecular weight excluding hydrogens is 324 g/mol. The Kier molecular flexibility index (Phi) is 2.89. The van der Waals surface area contributed by atoms with Gasteiger partial charge in [-0.1, -0.05) is 12.1 Å². The van der Waals surface area contributed by atoms with Crippen LogP contribution in [-0.4, -0.2) is 22.3 Å². The van der Waals surface area contributed by atoms with Crippen molar-refractivity contribution in [2.24, 2.45) is 17.8 Å². The van der Waals surface area contributed by atoms with Crippen molar-refractivity contribution in [3.8, 4) is 5.75 Å². The molecule has 0 radical (unpaired) electrons. The SMILES string of the molecule is O=C1CC2(CCC3C(C(=O)Nc4nccs4)C32)Oc2ccccc21. The Morgan fingerprint density at radius 1 is 1.38 bits per heavy atom. The highest BCUT2D eigenvalue weighted by molar-refractivity contribution is 7.13. The first-order chi connectivity index (χ1) is 11.7. The van der Waals surface area contributed by atoms with Crippen molar-refractivity contribution >= 4 is 28.2 Å². The monoisotopic (exact) mass is 340 g/mol. The number of carbonyl (C=O) groups is 2. The van der Waals surface area contributed by atoms with Crippen molar-refractivity contribution in [2.45, 2.75) is 24.9 Å². The fraction of sp³-hybridized carbons (Fsp3) is 0.389. The van der Waals surface area contributed by atoms with E-state index in [1.807, 2.05) is 29.6 Å². The lowest BCUT2D eigenvalue weighted by molar-refractivity contribution is -0.119. The first kappa shape index (κ1) is 14.2. The van der Waals surface area contributed by atoms with Crippen LogP contribution in [-0.2, 0) is 4.79 Å². The number of fused-ring (bicyclic) bond motifs is 3. The largest absolute Gasteiger partial charge is 0.486 e. The molecule has 0 bridgehead atoms. The minimum Gasteiger partial charge on any atom is -0.486 e. The summed E-state index contributed by atoms with van der Waals surface area (Å²) in [4.78, 5) is 29.2. The topological polar surface area (TPSA) is 68.3 Å². The number of Topliss-reactive ketones (excluding diaryl/α,β-unsaturated/α-hetero) is 1. The molecule has 4 atom stereocenters. The van der Waals surface area contributed by atoms with Crippen LogP contribution < -0.4 is 10.1 Å². The first-order valence-electron chi connectivity index (χ1n) is 8.20. The summed E-state index contributed by atoms with van der Waals surface area (Å²) in [5.74, 6) is 1.19. The molecule has 122 valence electrons. The lowest BCUT2D eigenvalue weighted by atomic mass is 9.84. The minimum absolute atomic E-state index is 0.00827. The Bertz CT molecular complexity index is 835. The van der Waals surface area contributed by atoms with E-state index in [9.17, 15) is 9.59 Å². The molecule has 3 aliphatic rings. The molecule has 2 aromatic rings. The van der Waals surface area contributed by atoms with E-state index in [0.717, 1.165) is 12.8 Å². The molecule has 2 fully saturated rings. The van der Waals surface area contributed by atoms with Gasteiger partial charge in [0.05, 0.1) is 12.0 Å². The lowest BCUT2D eigenvalue weighted by Gasteiger charge is -2.37. The zero-order valence-electron chi connectivity index (χ0n) is 12.9. The number of anilines is 1. The van der Waals surface area contributed by atoms with Crippen molar-refractivity contribution in [1.82, 2.24) is 4.98 Å². The smallest absolute Gasteiger partial charge is 0.230 e. The maximum absolute atomic E-state index is 12.6. The van der Waals surface area contributed by atoms with E-state index in [1.165, 1.54) is 11.3 Å². The third-order valence-electron chi connectivity index (χ3n) is 5.60. The highest BCUT2D eigenvalue weighted by Gasteiger charge is 2.70. The summed E-state index contributed by atoms with van der Waals surface area (Å²) in [5, 5.41) is 5.36. The fourth-order valence-corrected chi connectivity index (χ4v) is 5.12. The molecule has 2 heterocycles. The van der Waals surface area contributed by atoms with Crippen LogP contribution in [0.4, 0.5) is 5.13 Å². The Labute approximate surface area is 143 Å². The summed E-state index contributed by atoms with van der Waals surface area (Å²) in [6.45, 7) is 0. The van der Waals surface area contributed by atoms with E-state index in [2.05, 4.69) is 10.3 Å². The predicted octanol–water partition coefficient (Wildman–Crippen LogP) is 3.14. The molecule has 5 nitrogen and oxygen atoms in total. The van der Waals surface area contributed by atoms with Crippen molar-refractivity contribution < 1.29 is 14.3 Å². The maximum atomic E-state index is 12.6. The van der Waals surface area contributed by atoms with Crippen LogP contribution in [0.1, 0.15) is 29.6 Å². The normalized spacial score (nSPS) is 32.8. The van der Waals surface area contributed by atoms with E-state index in [1.54, 1.807) is 6.20 Å². The number of nitrogens with one attached hydrogen (secondary N) is 1. The molecule has 2 saturated carbocycles. The van der Waals surface area contributed by atoms with Gasteiger partial charge in [-0.2, -0.15) is 0 Å². The van der Waals surface area contributed by atoms with Crippen LogP contribution in [0.2, 0.25) is 0 Å². The standard InChI is InChI=1S/C18H16N2O3S/c21-12-9-18(23-13-4-2-1-3-10(12)13)6-5-11-14(15(11)18)16(22)20-17-19-7-8-24-17/h1-4,7-8,11,14-15H,5-6,9H2,(H,19,20,22). The number of amides is 1. The highest BCUT2D eigenvalue weighted by atomic mass is 32.1. The third-order valence-corrected chi connectivity index (χ3v) is 6.29. The van der Waals surface area contributed by atoms with Gasteiger partial charge >= 0.3 is 0 Å². The third kappa shape index (κ3) is 1.95. The summed E-state index contributed by atoms with van der Waals surface area (Å²) in [6.07, 6.45) is 3.85. The summed E-state index contributed by atoms with van der Waals surface area (Å²) < 4.78 is 6.31. The van der Waals surface area contributed by atoms with Crippen LogP contribution >= 0.6 is 11.3 Å². The summed E-state index contributed by atoms with van der Waals surface area (Å²) in [7, 11) is 0. The summed E-state index contributed by atoms with van der Waals surface area (Å²) in [6, 6.07) is 7.42. The Morgan fingerprint density at radius 2 is 2.25 bits per heavy atom. The van der Waals surface area contributed by atoms with E-state index >= 15 is 0 Å². The van der Waals surface area contributed by atoms with E-state index < -0.39 is 5.60 Å². The molecule has 6 heteroatoms. The van der Waals surface area contributed by atoms with Gasteiger partial charge in [-0.3, -0.25) is 9.59 Å². The van der Waals surface area contributed by atoms with Crippen LogP contribution in [0.3, 0.4) is 0 Å². The number of benzene rings is 1. The number of ketones is 1. The molecule has 1 aliphatic heterocycles. The molecule has 1 spiro atoms. The van der Waals surface area contributed by atoms with Gasteiger partial charge in [0, 0.05) is 23.4 Å². The zero-order chi connectivity index (χ0) is 16.3. The quantitative estimate of drug-likeness (QED) is 0.912. The number of aromatic nitrogens is 1. The molecular formula is C18H16N2O3S. The van der Waals surface area contributed by atoms with Gasteiger partial charge in [-0.25, -0.2) is 4.98 Å². The second-order valence-electron chi connectivity index (χ2n) is 6.84. The van der Waals surface area contributed by atoms with E-state index in [4.69, 9.17) is 4.74 Å². The van der Waals surface area contributed by atoms with Gasteiger partial charge in [-0.05, 0) is 30.9 Å². The summed E-state index contributed by atoms with van der Waals surface area (Å²) >= 11 is 1.41. The number of hydrogen-bond donors (Lipinski definition) is 1. The fourth-order valence-electron chi connectivity index (χ4n) is 4.59. The molecule has 2 aliphatic carbocycles. The summed E-state index contributed by atoms with van der Waals surface area (Å²) in [5.41, 5.74) is 0.164.